The fraction of sp³-hybridized carbons (Fsp3) is 0.312. The topological polar surface area (TPSA) is 64.1 Å². The van der Waals surface area contributed by atoms with Crippen LogP contribution in [0.2, 0.25) is 0 Å². The summed E-state index contributed by atoms with van der Waals surface area (Å²) in [5.74, 6) is 0.479. The zero-order chi connectivity index (χ0) is 17.7. The van der Waals surface area contributed by atoms with Gasteiger partial charge in [-0.2, -0.15) is 4.98 Å². The number of nitrogens with zero attached hydrogens (tertiary/aromatic N) is 2. The molecule has 0 spiro atoms. The predicted molar refractivity (Wildman–Crippen MR) is 94.7 cm³/mol. The van der Waals surface area contributed by atoms with Crippen molar-refractivity contribution in [2.75, 3.05) is 0 Å². The van der Waals surface area contributed by atoms with Gasteiger partial charge >= 0.3 is 0 Å². The fourth-order valence-corrected chi connectivity index (χ4v) is 2.09. The third kappa shape index (κ3) is 5.23. The minimum Gasteiger partial charge on any atom is -0.449 e. The molecular formula is C16H16Cl3N3O2. The molecule has 1 aromatic carbocycles. The lowest BCUT2D eigenvalue weighted by Crippen LogP contribution is -2.48. The second-order valence-corrected chi connectivity index (χ2v) is 7.66. The zero-order valence-electron chi connectivity index (χ0n) is 13.0. The molecule has 0 saturated heterocycles. The Morgan fingerprint density at radius 1 is 1.17 bits per heavy atom. The summed E-state index contributed by atoms with van der Waals surface area (Å²) in [4.78, 5) is 20.7. The summed E-state index contributed by atoms with van der Waals surface area (Å²) >= 11 is 17.8. The van der Waals surface area contributed by atoms with Crippen molar-refractivity contribution in [3.63, 3.8) is 0 Å². The third-order valence-electron chi connectivity index (χ3n) is 3.00. The number of alkyl halides is 3. The van der Waals surface area contributed by atoms with E-state index in [0.29, 0.717) is 11.4 Å². The molecule has 8 heteroatoms. The SMILES string of the molecule is CC(C)c1nccc(OC(NC(=O)c2ccccc2)C(Cl)(Cl)Cl)n1. The lowest BCUT2D eigenvalue weighted by Gasteiger charge is -2.25. The highest BCUT2D eigenvalue weighted by atomic mass is 35.6. The maximum absolute atomic E-state index is 12.3. The third-order valence-corrected chi connectivity index (χ3v) is 3.59. The quantitative estimate of drug-likeness (QED) is 0.618. The Labute approximate surface area is 155 Å². The molecule has 0 radical (unpaired) electrons. The van der Waals surface area contributed by atoms with Gasteiger partial charge in [-0.25, -0.2) is 4.98 Å². The molecule has 2 rings (SSSR count). The highest BCUT2D eigenvalue weighted by molar-refractivity contribution is 6.68. The van der Waals surface area contributed by atoms with Crippen LogP contribution in [-0.2, 0) is 0 Å². The van der Waals surface area contributed by atoms with E-state index in [1.165, 1.54) is 6.07 Å². The standard InChI is InChI=1S/C16H16Cl3N3O2/c1-10(2)13-20-9-8-12(21-13)24-15(16(17,18)19)22-14(23)11-6-4-3-5-7-11/h3-10,15H,1-2H3,(H,22,23). The van der Waals surface area contributed by atoms with Gasteiger partial charge in [0.05, 0.1) is 0 Å². The second kappa shape index (κ2) is 8.01. The number of rotatable bonds is 5. The van der Waals surface area contributed by atoms with Gasteiger partial charge in [0.25, 0.3) is 5.91 Å². The molecule has 0 bridgehead atoms. The normalized spacial score (nSPS) is 12.8. The predicted octanol–water partition coefficient (Wildman–Crippen LogP) is 4.11. The van der Waals surface area contributed by atoms with Crippen LogP contribution in [0.4, 0.5) is 0 Å². The number of hydrogen-bond donors (Lipinski definition) is 1. The molecule has 1 aromatic heterocycles. The summed E-state index contributed by atoms with van der Waals surface area (Å²) in [6.45, 7) is 3.89. The summed E-state index contributed by atoms with van der Waals surface area (Å²) in [5, 5.41) is 2.55. The number of carbonyl (C=O) groups is 1. The molecule has 0 aliphatic rings. The summed E-state index contributed by atoms with van der Waals surface area (Å²) in [6, 6.07) is 10.1. The van der Waals surface area contributed by atoms with E-state index in [-0.39, 0.29) is 11.8 Å². The number of nitrogens with one attached hydrogen (secondary N) is 1. The molecule has 128 valence electrons. The van der Waals surface area contributed by atoms with E-state index in [2.05, 4.69) is 15.3 Å². The number of ether oxygens (including phenoxy) is 1. The molecule has 1 heterocycles. The second-order valence-electron chi connectivity index (χ2n) is 5.29. The van der Waals surface area contributed by atoms with Gasteiger partial charge in [-0.05, 0) is 12.1 Å². The first-order valence-corrected chi connectivity index (χ1v) is 8.33. The number of carbonyl (C=O) groups excluding carboxylic acids is 1. The molecule has 0 aliphatic carbocycles. The molecule has 0 saturated carbocycles. The first-order chi connectivity index (χ1) is 11.3. The largest absolute Gasteiger partial charge is 0.449 e. The van der Waals surface area contributed by atoms with E-state index in [4.69, 9.17) is 39.5 Å². The van der Waals surface area contributed by atoms with Crippen molar-refractivity contribution >= 4 is 40.7 Å². The molecule has 2 aromatic rings. The molecule has 0 aliphatic heterocycles. The Bertz CT molecular complexity index is 690. The fourth-order valence-electron chi connectivity index (χ4n) is 1.79. The van der Waals surface area contributed by atoms with E-state index in [9.17, 15) is 4.79 Å². The number of halogens is 3. The van der Waals surface area contributed by atoms with E-state index in [1.807, 2.05) is 13.8 Å². The minimum absolute atomic E-state index is 0.110. The van der Waals surface area contributed by atoms with Crippen molar-refractivity contribution in [2.45, 2.75) is 29.8 Å². The van der Waals surface area contributed by atoms with Crippen molar-refractivity contribution < 1.29 is 9.53 Å². The van der Waals surface area contributed by atoms with Crippen LogP contribution in [0.5, 0.6) is 5.88 Å². The highest BCUT2D eigenvalue weighted by Crippen LogP contribution is 2.31. The van der Waals surface area contributed by atoms with Crippen molar-refractivity contribution in [3.8, 4) is 5.88 Å². The Morgan fingerprint density at radius 2 is 1.83 bits per heavy atom. The molecule has 1 atom stereocenters. The van der Waals surface area contributed by atoms with Crippen LogP contribution >= 0.6 is 34.8 Å². The zero-order valence-corrected chi connectivity index (χ0v) is 15.3. The number of hydrogen-bond acceptors (Lipinski definition) is 4. The Morgan fingerprint density at radius 3 is 2.42 bits per heavy atom. The summed E-state index contributed by atoms with van der Waals surface area (Å²) in [5.41, 5.74) is 0.422. The van der Waals surface area contributed by atoms with Gasteiger partial charge in [-0.15, -0.1) is 0 Å². The Hall–Kier alpha value is -1.56. The van der Waals surface area contributed by atoms with Crippen LogP contribution in [0.15, 0.2) is 42.6 Å². The Balaban J connectivity index is 2.18. The molecule has 0 fully saturated rings. The Kier molecular flexibility index (Phi) is 6.27. The van der Waals surface area contributed by atoms with Crippen molar-refractivity contribution in [2.24, 2.45) is 0 Å². The molecule has 1 N–H and O–H groups in total. The van der Waals surface area contributed by atoms with Crippen molar-refractivity contribution in [3.05, 3.63) is 54.0 Å². The van der Waals surface area contributed by atoms with Gasteiger partial charge in [0.15, 0.2) is 0 Å². The van der Waals surface area contributed by atoms with Gasteiger partial charge in [0, 0.05) is 23.7 Å². The average Bonchev–Trinajstić information content (AvgIpc) is 2.54. The van der Waals surface area contributed by atoms with Crippen LogP contribution in [0.25, 0.3) is 0 Å². The van der Waals surface area contributed by atoms with Crippen LogP contribution < -0.4 is 10.1 Å². The monoisotopic (exact) mass is 387 g/mol. The first-order valence-electron chi connectivity index (χ1n) is 7.19. The van der Waals surface area contributed by atoms with Crippen molar-refractivity contribution in [1.82, 2.24) is 15.3 Å². The molecule has 24 heavy (non-hydrogen) atoms. The smallest absolute Gasteiger partial charge is 0.254 e. The summed E-state index contributed by atoms with van der Waals surface area (Å²) < 4.78 is 3.70. The van der Waals surface area contributed by atoms with E-state index >= 15 is 0 Å². The van der Waals surface area contributed by atoms with Gasteiger partial charge in [-0.1, -0.05) is 66.8 Å². The van der Waals surface area contributed by atoms with Crippen LogP contribution in [0, 0.1) is 0 Å². The number of benzene rings is 1. The lowest BCUT2D eigenvalue weighted by molar-refractivity contribution is 0.0825. The minimum atomic E-state index is -1.88. The van der Waals surface area contributed by atoms with Gasteiger partial charge in [-0.3, -0.25) is 4.79 Å². The van der Waals surface area contributed by atoms with E-state index < -0.39 is 15.9 Å². The van der Waals surface area contributed by atoms with E-state index in [1.54, 1.807) is 36.5 Å². The van der Waals surface area contributed by atoms with E-state index in [0.717, 1.165) is 0 Å². The highest BCUT2D eigenvalue weighted by Gasteiger charge is 2.36. The van der Waals surface area contributed by atoms with Gasteiger partial charge in [0.1, 0.15) is 5.82 Å². The summed E-state index contributed by atoms with van der Waals surface area (Å²) in [7, 11) is 0. The van der Waals surface area contributed by atoms with Gasteiger partial charge < -0.3 is 10.1 Å². The molecule has 5 nitrogen and oxygen atoms in total. The summed E-state index contributed by atoms with van der Waals surface area (Å²) in [6.07, 6.45) is 0.330. The van der Waals surface area contributed by atoms with Crippen LogP contribution in [0.1, 0.15) is 35.9 Å². The maximum atomic E-state index is 12.3. The van der Waals surface area contributed by atoms with Crippen LogP contribution in [-0.4, -0.2) is 25.9 Å². The average molecular weight is 389 g/mol. The number of aromatic nitrogens is 2. The lowest BCUT2D eigenvalue weighted by atomic mass is 10.2. The van der Waals surface area contributed by atoms with Crippen LogP contribution in [0.3, 0.4) is 0 Å². The maximum Gasteiger partial charge on any atom is 0.254 e. The van der Waals surface area contributed by atoms with Gasteiger partial charge in [0.2, 0.25) is 15.9 Å². The number of amides is 1. The molecule has 1 unspecified atom stereocenters. The molecule has 1 amide bonds. The first kappa shape index (κ1) is 18.8. The molecular weight excluding hydrogens is 373 g/mol. The van der Waals surface area contributed by atoms with Crippen molar-refractivity contribution in [1.29, 1.82) is 0 Å².